The highest BCUT2D eigenvalue weighted by atomic mass is 32.1. The van der Waals surface area contributed by atoms with Crippen molar-refractivity contribution in [1.29, 1.82) is 0 Å². The van der Waals surface area contributed by atoms with Gasteiger partial charge in [0.2, 0.25) is 5.91 Å². The van der Waals surface area contributed by atoms with Gasteiger partial charge in [0.25, 0.3) is 0 Å². The third-order valence-corrected chi connectivity index (χ3v) is 4.37. The summed E-state index contributed by atoms with van der Waals surface area (Å²) in [7, 11) is 1.87. The molecular formula is C13H20N2OS. The van der Waals surface area contributed by atoms with Gasteiger partial charge >= 0.3 is 0 Å². The first kappa shape index (κ1) is 12.6. The van der Waals surface area contributed by atoms with E-state index in [1.54, 1.807) is 11.3 Å². The first-order chi connectivity index (χ1) is 8.27. The summed E-state index contributed by atoms with van der Waals surface area (Å²) in [5.74, 6) is 0.263. The van der Waals surface area contributed by atoms with E-state index in [-0.39, 0.29) is 18.0 Å². The number of likely N-dealkylation sites (tertiary alicyclic amines) is 1. The van der Waals surface area contributed by atoms with Gasteiger partial charge in [-0.15, -0.1) is 11.3 Å². The van der Waals surface area contributed by atoms with Crippen molar-refractivity contribution in [1.82, 2.24) is 10.2 Å². The monoisotopic (exact) mass is 252 g/mol. The summed E-state index contributed by atoms with van der Waals surface area (Å²) in [6.07, 6.45) is 3.10. The minimum atomic E-state index is 0.0225. The number of carbonyl (C=O) groups excluding carboxylic acids is 1. The SMILES string of the molecule is CCCC(c1cccs1)N1CCC(NC)C1=O. The van der Waals surface area contributed by atoms with Gasteiger partial charge in [0.1, 0.15) is 0 Å². The molecule has 1 aromatic heterocycles. The van der Waals surface area contributed by atoms with Crippen molar-refractivity contribution in [3.05, 3.63) is 22.4 Å². The van der Waals surface area contributed by atoms with Crippen LogP contribution in [-0.4, -0.2) is 30.4 Å². The number of nitrogens with zero attached hydrogens (tertiary/aromatic N) is 1. The molecule has 0 spiro atoms. The first-order valence-corrected chi connectivity index (χ1v) is 7.17. The number of thiophene rings is 1. The van der Waals surface area contributed by atoms with Crippen LogP contribution in [0.15, 0.2) is 17.5 Å². The number of amides is 1. The highest BCUT2D eigenvalue weighted by molar-refractivity contribution is 7.10. The summed E-state index contributed by atoms with van der Waals surface area (Å²) in [5.41, 5.74) is 0. The lowest BCUT2D eigenvalue weighted by atomic mass is 10.1. The van der Waals surface area contributed by atoms with Crippen molar-refractivity contribution >= 4 is 17.2 Å². The van der Waals surface area contributed by atoms with Gasteiger partial charge < -0.3 is 10.2 Å². The van der Waals surface area contributed by atoms with Gasteiger partial charge in [-0.2, -0.15) is 0 Å². The molecule has 2 heterocycles. The number of rotatable bonds is 5. The van der Waals surface area contributed by atoms with Gasteiger partial charge in [-0.3, -0.25) is 4.79 Å². The molecule has 3 nitrogen and oxygen atoms in total. The Morgan fingerprint density at radius 2 is 2.47 bits per heavy atom. The molecule has 0 saturated carbocycles. The van der Waals surface area contributed by atoms with E-state index < -0.39 is 0 Å². The molecule has 1 aliphatic rings. The van der Waals surface area contributed by atoms with E-state index in [2.05, 4.69) is 34.7 Å². The largest absolute Gasteiger partial charge is 0.333 e. The second kappa shape index (κ2) is 5.65. The molecular weight excluding hydrogens is 232 g/mol. The van der Waals surface area contributed by atoms with Crippen molar-refractivity contribution in [3.8, 4) is 0 Å². The van der Waals surface area contributed by atoms with Crippen LogP contribution in [-0.2, 0) is 4.79 Å². The molecule has 0 bridgehead atoms. The fourth-order valence-corrected chi connectivity index (χ4v) is 3.36. The lowest BCUT2D eigenvalue weighted by molar-refractivity contribution is -0.131. The molecule has 0 radical (unpaired) electrons. The van der Waals surface area contributed by atoms with Crippen molar-refractivity contribution in [2.75, 3.05) is 13.6 Å². The second-order valence-electron chi connectivity index (χ2n) is 4.48. The number of likely N-dealkylation sites (N-methyl/N-ethyl adjacent to an activating group) is 1. The van der Waals surface area contributed by atoms with Crippen molar-refractivity contribution in [2.45, 2.75) is 38.3 Å². The molecule has 4 heteroatoms. The Hall–Kier alpha value is -0.870. The molecule has 0 aromatic carbocycles. The van der Waals surface area contributed by atoms with Crippen LogP contribution >= 0.6 is 11.3 Å². The molecule has 1 aromatic rings. The zero-order chi connectivity index (χ0) is 12.3. The predicted molar refractivity (Wildman–Crippen MR) is 71.1 cm³/mol. The van der Waals surface area contributed by atoms with Crippen molar-refractivity contribution < 1.29 is 4.79 Å². The summed E-state index contributed by atoms with van der Waals surface area (Å²) >= 11 is 1.75. The fourth-order valence-electron chi connectivity index (χ4n) is 2.49. The molecule has 1 saturated heterocycles. The highest BCUT2D eigenvalue weighted by Crippen LogP contribution is 2.32. The fraction of sp³-hybridized carbons (Fsp3) is 0.615. The van der Waals surface area contributed by atoms with E-state index >= 15 is 0 Å². The van der Waals surface area contributed by atoms with Crippen LogP contribution in [0.5, 0.6) is 0 Å². The molecule has 1 N–H and O–H groups in total. The summed E-state index contributed by atoms with van der Waals surface area (Å²) in [4.78, 5) is 15.6. The van der Waals surface area contributed by atoms with E-state index in [1.807, 2.05) is 7.05 Å². The maximum Gasteiger partial charge on any atom is 0.240 e. The van der Waals surface area contributed by atoms with Gasteiger partial charge in [0, 0.05) is 11.4 Å². The Labute approximate surface area is 107 Å². The van der Waals surface area contributed by atoms with Crippen LogP contribution in [0.2, 0.25) is 0 Å². The summed E-state index contributed by atoms with van der Waals surface area (Å²) in [6.45, 7) is 3.06. The zero-order valence-electron chi connectivity index (χ0n) is 10.5. The quantitative estimate of drug-likeness (QED) is 0.873. The Bertz CT molecular complexity index is 364. The van der Waals surface area contributed by atoms with Crippen LogP contribution in [0, 0.1) is 0 Å². The van der Waals surface area contributed by atoms with E-state index in [4.69, 9.17) is 0 Å². The van der Waals surface area contributed by atoms with E-state index in [9.17, 15) is 4.79 Å². The smallest absolute Gasteiger partial charge is 0.240 e. The van der Waals surface area contributed by atoms with Gasteiger partial charge in [-0.1, -0.05) is 19.4 Å². The Morgan fingerprint density at radius 1 is 1.65 bits per heavy atom. The zero-order valence-corrected chi connectivity index (χ0v) is 11.3. The highest BCUT2D eigenvalue weighted by Gasteiger charge is 2.35. The number of hydrogen-bond donors (Lipinski definition) is 1. The third kappa shape index (κ3) is 2.53. The molecule has 2 atom stereocenters. The molecule has 2 unspecified atom stereocenters. The maximum absolute atomic E-state index is 12.2. The number of carbonyl (C=O) groups is 1. The Kier molecular flexibility index (Phi) is 4.18. The Morgan fingerprint density at radius 3 is 3.00 bits per heavy atom. The molecule has 1 fully saturated rings. The summed E-state index contributed by atoms with van der Waals surface area (Å²) < 4.78 is 0. The van der Waals surface area contributed by atoms with Crippen LogP contribution in [0.4, 0.5) is 0 Å². The van der Waals surface area contributed by atoms with Crippen LogP contribution in [0.1, 0.15) is 37.1 Å². The summed E-state index contributed by atoms with van der Waals surface area (Å²) in [6, 6.07) is 4.52. The molecule has 94 valence electrons. The molecule has 2 rings (SSSR count). The first-order valence-electron chi connectivity index (χ1n) is 6.29. The van der Waals surface area contributed by atoms with E-state index in [0.717, 1.165) is 25.8 Å². The van der Waals surface area contributed by atoms with Gasteiger partial charge in [0.05, 0.1) is 12.1 Å². The minimum Gasteiger partial charge on any atom is -0.333 e. The number of hydrogen-bond acceptors (Lipinski definition) is 3. The molecule has 1 aliphatic heterocycles. The van der Waals surface area contributed by atoms with Crippen molar-refractivity contribution in [3.63, 3.8) is 0 Å². The number of nitrogens with one attached hydrogen (secondary N) is 1. The minimum absolute atomic E-state index is 0.0225. The topological polar surface area (TPSA) is 32.3 Å². The van der Waals surface area contributed by atoms with Crippen molar-refractivity contribution in [2.24, 2.45) is 0 Å². The van der Waals surface area contributed by atoms with Crippen LogP contribution in [0.25, 0.3) is 0 Å². The third-order valence-electron chi connectivity index (χ3n) is 3.40. The Balaban J connectivity index is 2.15. The van der Waals surface area contributed by atoms with Gasteiger partial charge in [-0.25, -0.2) is 0 Å². The molecule has 0 aliphatic carbocycles. The van der Waals surface area contributed by atoms with E-state index in [1.165, 1.54) is 4.88 Å². The predicted octanol–water partition coefficient (Wildman–Crippen LogP) is 2.41. The standard InChI is InChI=1S/C13H20N2OS/c1-3-5-11(12-6-4-9-17-12)15-8-7-10(14-2)13(15)16/h4,6,9-11,14H,3,5,7-8H2,1-2H3. The maximum atomic E-state index is 12.2. The second-order valence-corrected chi connectivity index (χ2v) is 5.46. The lowest BCUT2D eigenvalue weighted by Crippen LogP contribution is -2.38. The van der Waals surface area contributed by atoms with Crippen LogP contribution in [0.3, 0.4) is 0 Å². The summed E-state index contributed by atoms with van der Waals surface area (Å²) in [5, 5.41) is 5.19. The normalized spacial score (nSPS) is 22.1. The molecule has 17 heavy (non-hydrogen) atoms. The molecule has 1 amide bonds. The van der Waals surface area contributed by atoms with E-state index in [0.29, 0.717) is 0 Å². The average molecular weight is 252 g/mol. The van der Waals surface area contributed by atoms with Crippen LogP contribution < -0.4 is 5.32 Å². The van der Waals surface area contributed by atoms with Gasteiger partial charge in [-0.05, 0) is 31.3 Å². The average Bonchev–Trinajstić information content (AvgIpc) is 2.96. The lowest BCUT2D eigenvalue weighted by Gasteiger charge is -2.27. The van der Waals surface area contributed by atoms with Gasteiger partial charge in [0.15, 0.2) is 0 Å².